The maximum Gasteiger partial charge on any atom is 0.311 e. The van der Waals surface area contributed by atoms with Crippen LogP contribution in [0.3, 0.4) is 0 Å². The molecule has 0 fully saturated rings. The van der Waals surface area contributed by atoms with Gasteiger partial charge in [0.15, 0.2) is 0 Å². The molecule has 0 aromatic rings. The minimum absolute atomic E-state index is 0.158. The third-order valence-corrected chi connectivity index (χ3v) is 17.1. The van der Waals surface area contributed by atoms with Crippen molar-refractivity contribution in [2.75, 3.05) is 79.3 Å². The quantitative estimate of drug-likeness (QED) is 0.0310. The van der Waals surface area contributed by atoms with Gasteiger partial charge in [0.2, 0.25) is 0 Å². The highest BCUT2D eigenvalue weighted by atomic mass is 16.6. The van der Waals surface area contributed by atoms with Crippen LogP contribution in [0.4, 0.5) is 0 Å². The standard InChI is InChI=1S/C78H134O24/c1-6-9-41-65(7-2)64-102-76(89)51-29-19-39-61-99-74(87)49-27-17-37-59-97-72(85)47-25-15-35-57-95-70(83)45-23-13-33-55-93-68(81)43-21-11-31-53-91-66(79)42-20-10-30-54-92-67(80)44-22-12-32-56-94-69(82)46-24-14-34-58-96-71(84)48-26-16-36-60-98-73(86)50-28-18-38-62-100-75(88)52-40-63-101-77(90)78(4,5)8-3/h65H,6-64H2,1-5H3. The number of rotatable bonds is 72. The number of ether oxygens (including phenoxy) is 12. The van der Waals surface area contributed by atoms with Crippen molar-refractivity contribution in [1.29, 1.82) is 0 Å². The molecular formula is C78H134O24. The fourth-order valence-electron chi connectivity index (χ4n) is 9.97. The molecule has 590 valence electrons. The fraction of sp³-hybridized carbons (Fsp3) is 0.846. The maximum atomic E-state index is 12.1. The van der Waals surface area contributed by atoms with Crippen LogP contribution in [0.15, 0.2) is 0 Å². The van der Waals surface area contributed by atoms with E-state index in [1.807, 2.05) is 20.8 Å². The molecule has 0 aliphatic rings. The predicted octanol–water partition coefficient (Wildman–Crippen LogP) is 15.5. The van der Waals surface area contributed by atoms with Gasteiger partial charge in [-0.05, 0) is 232 Å². The summed E-state index contributed by atoms with van der Waals surface area (Å²) in [7, 11) is 0. The van der Waals surface area contributed by atoms with Crippen molar-refractivity contribution in [3.63, 3.8) is 0 Å². The average Bonchev–Trinajstić information content (AvgIpc) is 0.953. The summed E-state index contributed by atoms with van der Waals surface area (Å²) in [4.78, 5) is 145. The molecule has 0 bridgehead atoms. The second-order valence-electron chi connectivity index (χ2n) is 26.9. The lowest BCUT2D eigenvalue weighted by Gasteiger charge is -2.20. The van der Waals surface area contributed by atoms with E-state index in [9.17, 15) is 57.5 Å². The summed E-state index contributed by atoms with van der Waals surface area (Å²) in [5.74, 6) is -2.82. The van der Waals surface area contributed by atoms with Crippen molar-refractivity contribution in [3.05, 3.63) is 0 Å². The first-order valence-electron chi connectivity index (χ1n) is 39.2. The highest BCUT2D eigenvalue weighted by Gasteiger charge is 2.27. The maximum absolute atomic E-state index is 12.1. The summed E-state index contributed by atoms with van der Waals surface area (Å²) < 4.78 is 63.6. The Bertz CT molecular complexity index is 2230. The van der Waals surface area contributed by atoms with Gasteiger partial charge in [-0.3, -0.25) is 57.5 Å². The zero-order chi connectivity index (χ0) is 75.2. The van der Waals surface area contributed by atoms with Gasteiger partial charge < -0.3 is 56.8 Å². The first-order valence-corrected chi connectivity index (χ1v) is 39.2. The Balaban J connectivity index is 3.55. The fourth-order valence-corrected chi connectivity index (χ4v) is 9.97. The van der Waals surface area contributed by atoms with E-state index in [4.69, 9.17) is 56.8 Å². The Morgan fingerprint density at radius 2 is 0.412 bits per heavy atom. The molecule has 24 nitrogen and oxygen atoms in total. The Kier molecular flexibility index (Phi) is 64.7. The number of esters is 12. The van der Waals surface area contributed by atoms with Crippen LogP contribution in [0.1, 0.15) is 336 Å². The van der Waals surface area contributed by atoms with Gasteiger partial charge in [0.05, 0.1) is 84.7 Å². The molecule has 0 spiro atoms. The molecule has 0 radical (unpaired) electrons. The van der Waals surface area contributed by atoms with Crippen LogP contribution in [0.5, 0.6) is 0 Å². The third-order valence-electron chi connectivity index (χ3n) is 17.1. The van der Waals surface area contributed by atoms with Crippen LogP contribution in [-0.4, -0.2) is 151 Å². The Morgan fingerprint density at radius 3 is 0.598 bits per heavy atom. The smallest absolute Gasteiger partial charge is 0.311 e. The Labute approximate surface area is 610 Å². The van der Waals surface area contributed by atoms with Gasteiger partial charge in [-0.25, -0.2) is 0 Å². The summed E-state index contributed by atoms with van der Waals surface area (Å²) in [6.45, 7) is 13.4. The summed E-state index contributed by atoms with van der Waals surface area (Å²) in [6, 6.07) is 0. The largest absolute Gasteiger partial charge is 0.466 e. The second-order valence-corrected chi connectivity index (χ2v) is 26.9. The first-order chi connectivity index (χ1) is 49.3. The molecular weight excluding hydrogens is 1320 g/mol. The van der Waals surface area contributed by atoms with Gasteiger partial charge in [-0.1, -0.05) is 40.0 Å². The number of carbonyl (C=O) groups is 12. The van der Waals surface area contributed by atoms with Gasteiger partial charge in [-0.15, -0.1) is 0 Å². The SMILES string of the molecule is CCCCC(CC)COC(=O)CCCCCOC(=O)CCCCCOC(=O)CCCCCOC(=O)CCCCCOC(=O)CCCCCOC(=O)CCCCCOC(=O)CCCCCOC(=O)CCCCCOC(=O)CCCCCOC(=O)CCCCCOC(=O)CCCOC(=O)C(C)(C)CC. The molecule has 102 heavy (non-hydrogen) atoms. The van der Waals surface area contributed by atoms with Crippen molar-refractivity contribution in [2.24, 2.45) is 11.3 Å². The van der Waals surface area contributed by atoms with E-state index < -0.39 is 5.41 Å². The lowest BCUT2D eigenvalue weighted by atomic mass is 9.91. The van der Waals surface area contributed by atoms with Crippen LogP contribution in [0, 0.1) is 11.3 Å². The van der Waals surface area contributed by atoms with E-state index in [1.54, 1.807) is 0 Å². The minimum atomic E-state index is -0.539. The predicted molar refractivity (Wildman–Crippen MR) is 383 cm³/mol. The molecule has 0 aliphatic heterocycles. The lowest BCUT2D eigenvalue weighted by Crippen LogP contribution is -2.26. The molecule has 0 aliphatic carbocycles. The Hall–Kier alpha value is -6.36. The van der Waals surface area contributed by atoms with Gasteiger partial charge in [0, 0.05) is 70.6 Å². The van der Waals surface area contributed by atoms with Gasteiger partial charge >= 0.3 is 71.6 Å². The van der Waals surface area contributed by atoms with Crippen molar-refractivity contribution >= 4 is 71.6 Å². The van der Waals surface area contributed by atoms with Crippen molar-refractivity contribution < 1.29 is 114 Å². The van der Waals surface area contributed by atoms with E-state index in [-0.39, 0.29) is 176 Å². The summed E-state index contributed by atoms with van der Waals surface area (Å²) in [6.07, 6.45) is 28.8. The minimum Gasteiger partial charge on any atom is -0.466 e. The van der Waals surface area contributed by atoms with E-state index in [2.05, 4.69) is 13.8 Å². The topological polar surface area (TPSA) is 316 Å². The van der Waals surface area contributed by atoms with Gasteiger partial charge in [-0.2, -0.15) is 0 Å². The first kappa shape index (κ1) is 95.6. The molecule has 24 heteroatoms. The Morgan fingerprint density at radius 1 is 0.225 bits per heavy atom. The average molecular weight is 1460 g/mol. The molecule has 0 heterocycles. The summed E-state index contributed by atoms with van der Waals surface area (Å²) in [5.41, 5.74) is -0.539. The van der Waals surface area contributed by atoms with Crippen molar-refractivity contribution in [3.8, 4) is 0 Å². The molecule has 1 unspecified atom stereocenters. The molecule has 0 N–H and O–H groups in total. The van der Waals surface area contributed by atoms with Crippen molar-refractivity contribution in [2.45, 2.75) is 336 Å². The van der Waals surface area contributed by atoms with E-state index in [0.717, 1.165) is 64.2 Å². The second kappa shape index (κ2) is 69.0. The monoisotopic (exact) mass is 1450 g/mol. The molecule has 0 rings (SSSR count). The molecule has 0 amide bonds. The van der Waals surface area contributed by atoms with E-state index >= 15 is 0 Å². The highest BCUT2D eigenvalue weighted by Crippen LogP contribution is 2.22. The lowest BCUT2D eigenvalue weighted by molar-refractivity contribution is -0.155. The van der Waals surface area contributed by atoms with Crippen molar-refractivity contribution in [1.82, 2.24) is 0 Å². The van der Waals surface area contributed by atoms with E-state index in [0.29, 0.717) is 219 Å². The molecule has 0 saturated heterocycles. The van der Waals surface area contributed by atoms with Gasteiger partial charge in [0.1, 0.15) is 0 Å². The molecule has 0 aromatic carbocycles. The van der Waals surface area contributed by atoms with Crippen LogP contribution in [0.25, 0.3) is 0 Å². The normalized spacial score (nSPS) is 11.4. The molecule has 0 aromatic heterocycles. The number of hydrogen-bond acceptors (Lipinski definition) is 24. The summed E-state index contributed by atoms with van der Waals surface area (Å²) >= 11 is 0. The number of unbranched alkanes of at least 4 members (excludes halogenated alkanes) is 21. The van der Waals surface area contributed by atoms with Crippen LogP contribution in [-0.2, 0) is 114 Å². The van der Waals surface area contributed by atoms with Crippen LogP contribution < -0.4 is 0 Å². The van der Waals surface area contributed by atoms with Crippen LogP contribution >= 0.6 is 0 Å². The number of hydrogen-bond donors (Lipinski definition) is 0. The third kappa shape index (κ3) is 65.6. The van der Waals surface area contributed by atoms with Crippen LogP contribution in [0.2, 0.25) is 0 Å². The van der Waals surface area contributed by atoms with Gasteiger partial charge in [0.25, 0.3) is 0 Å². The zero-order valence-electron chi connectivity index (χ0n) is 63.6. The van der Waals surface area contributed by atoms with E-state index in [1.165, 1.54) is 0 Å². The molecule has 1 atom stereocenters. The number of carbonyl (C=O) groups excluding carboxylic acids is 12. The zero-order valence-corrected chi connectivity index (χ0v) is 63.6. The highest BCUT2D eigenvalue weighted by molar-refractivity contribution is 5.76. The molecule has 0 saturated carbocycles. The summed E-state index contributed by atoms with van der Waals surface area (Å²) in [5, 5.41) is 0.